The van der Waals surface area contributed by atoms with E-state index in [4.69, 9.17) is 0 Å². The SMILES string of the molecule is O=C(NCCCN1CCCC1=O)c1cnc(NCc2cccnc2)s1. The lowest BCUT2D eigenvalue weighted by Crippen LogP contribution is -2.30. The van der Waals surface area contributed by atoms with Crippen molar-refractivity contribution in [3.05, 3.63) is 41.2 Å². The zero-order valence-corrected chi connectivity index (χ0v) is 14.7. The Morgan fingerprint density at radius 2 is 2.28 bits per heavy atom. The zero-order valence-electron chi connectivity index (χ0n) is 13.9. The fourth-order valence-corrected chi connectivity index (χ4v) is 3.37. The van der Waals surface area contributed by atoms with E-state index in [1.54, 1.807) is 18.6 Å². The van der Waals surface area contributed by atoms with Gasteiger partial charge in [0.05, 0.1) is 6.20 Å². The summed E-state index contributed by atoms with van der Waals surface area (Å²) in [5, 5.41) is 6.77. The highest BCUT2D eigenvalue weighted by Gasteiger charge is 2.19. The third kappa shape index (κ3) is 4.99. The molecule has 0 atom stereocenters. The van der Waals surface area contributed by atoms with Gasteiger partial charge in [0.2, 0.25) is 5.91 Å². The van der Waals surface area contributed by atoms with Crippen LogP contribution in [-0.4, -0.2) is 46.3 Å². The number of pyridine rings is 1. The average Bonchev–Trinajstić information content (AvgIpc) is 3.27. The highest BCUT2D eigenvalue weighted by molar-refractivity contribution is 7.17. The molecular formula is C17H21N5O2S. The fraction of sp³-hybridized carbons (Fsp3) is 0.412. The van der Waals surface area contributed by atoms with Gasteiger partial charge in [-0.15, -0.1) is 0 Å². The van der Waals surface area contributed by atoms with Gasteiger partial charge in [0.15, 0.2) is 5.13 Å². The second kappa shape index (κ2) is 8.57. The van der Waals surface area contributed by atoms with E-state index in [0.29, 0.717) is 36.1 Å². The number of rotatable bonds is 8. The number of nitrogens with zero attached hydrogens (tertiary/aromatic N) is 3. The Morgan fingerprint density at radius 1 is 1.36 bits per heavy atom. The number of anilines is 1. The lowest BCUT2D eigenvalue weighted by molar-refractivity contribution is -0.127. The van der Waals surface area contributed by atoms with Crippen molar-refractivity contribution < 1.29 is 9.59 Å². The molecule has 0 spiro atoms. The Kier molecular flexibility index (Phi) is 5.95. The number of likely N-dealkylation sites (tertiary alicyclic amines) is 1. The van der Waals surface area contributed by atoms with Gasteiger partial charge in [-0.25, -0.2) is 4.98 Å². The van der Waals surface area contributed by atoms with Gasteiger partial charge in [0.1, 0.15) is 4.88 Å². The van der Waals surface area contributed by atoms with E-state index in [0.717, 1.165) is 24.9 Å². The van der Waals surface area contributed by atoms with Crippen molar-refractivity contribution in [1.82, 2.24) is 20.2 Å². The van der Waals surface area contributed by atoms with Crippen molar-refractivity contribution in [1.29, 1.82) is 0 Å². The molecule has 0 aliphatic carbocycles. The van der Waals surface area contributed by atoms with Gasteiger partial charge in [-0.1, -0.05) is 17.4 Å². The van der Waals surface area contributed by atoms with Crippen molar-refractivity contribution in [3.63, 3.8) is 0 Å². The maximum Gasteiger partial charge on any atom is 0.263 e. The summed E-state index contributed by atoms with van der Waals surface area (Å²) in [6.45, 7) is 2.72. The van der Waals surface area contributed by atoms with Crippen LogP contribution in [0.3, 0.4) is 0 Å². The van der Waals surface area contributed by atoms with E-state index in [9.17, 15) is 9.59 Å². The molecule has 25 heavy (non-hydrogen) atoms. The molecule has 8 heteroatoms. The molecule has 3 rings (SSSR count). The number of hydrogen-bond donors (Lipinski definition) is 2. The number of thiazole rings is 1. The molecule has 2 aromatic rings. The molecule has 1 saturated heterocycles. The number of aromatic nitrogens is 2. The molecule has 2 aromatic heterocycles. The van der Waals surface area contributed by atoms with Gasteiger partial charge in [-0.2, -0.15) is 0 Å². The van der Waals surface area contributed by atoms with Gasteiger partial charge in [-0.3, -0.25) is 14.6 Å². The van der Waals surface area contributed by atoms with E-state index in [1.165, 1.54) is 11.3 Å². The number of amides is 2. The van der Waals surface area contributed by atoms with E-state index in [-0.39, 0.29) is 11.8 Å². The molecule has 1 fully saturated rings. The lowest BCUT2D eigenvalue weighted by Gasteiger charge is -2.15. The van der Waals surface area contributed by atoms with E-state index in [1.807, 2.05) is 17.0 Å². The minimum Gasteiger partial charge on any atom is -0.357 e. The van der Waals surface area contributed by atoms with Gasteiger partial charge in [0, 0.05) is 45.0 Å². The van der Waals surface area contributed by atoms with Gasteiger partial charge < -0.3 is 15.5 Å². The summed E-state index contributed by atoms with van der Waals surface area (Å²) in [6, 6.07) is 3.86. The van der Waals surface area contributed by atoms with Crippen molar-refractivity contribution in [2.75, 3.05) is 25.0 Å². The minimum absolute atomic E-state index is 0.125. The molecule has 0 bridgehead atoms. The summed E-state index contributed by atoms with van der Waals surface area (Å²) in [4.78, 5) is 34.4. The maximum absolute atomic E-state index is 12.1. The van der Waals surface area contributed by atoms with Crippen LogP contribution in [0.15, 0.2) is 30.7 Å². The van der Waals surface area contributed by atoms with E-state index < -0.39 is 0 Å². The monoisotopic (exact) mass is 359 g/mol. The number of carbonyl (C=O) groups is 2. The topological polar surface area (TPSA) is 87.2 Å². The normalized spacial score (nSPS) is 13.9. The largest absolute Gasteiger partial charge is 0.357 e. The molecule has 0 saturated carbocycles. The van der Waals surface area contributed by atoms with Crippen LogP contribution in [0, 0.1) is 0 Å². The van der Waals surface area contributed by atoms with Crippen molar-refractivity contribution in [2.24, 2.45) is 0 Å². The van der Waals surface area contributed by atoms with Crippen LogP contribution in [0.1, 0.15) is 34.5 Å². The zero-order chi connectivity index (χ0) is 17.5. The first kappa shape index (κ1) is 17.3. The predicted molar refractivity (Wildman–Crippen MR) is 96.4 cm³/mol. The molecule has 3 heterocycles. The summed E-state index contributed by atoms with van der Waals surface area (Å²) in [7, 11) is 0. The standard InChI is InChI=1S/C17H21N5O2S/c23-15-5-2-8-22(15)9-3-7-19-16(24)14-12-21-17(25-14)20-11-13-4-1-6-18-10-13/h1,4,6,10,12H,2-3,5,7-9,11H2,(H,19,24)(H,20,21). The van der Waals surface area contributed by atoms with E-state index >= 15 is 0 Å². The Morgan fingerprint density at radius 3 is 3.04 bits per heavy atom. The number of nitrogens with one attached hydrogen (secondary N) is 2. The molecule has 1 aliphatic heterocycles. The molecular weight excluding hydrogens is 338 g/mol. The van der Waals surface area contributed by atoms with Crippen LogP contribution in [0.2, 0.25) is 0 Å². The molecule has 1 aliphatic rings. The molecule has 132 valence electrons. The van der Waals surface area contributed by atoms with Crippen LogP contribution in [-0.2, 0) is 11.3 Å². The predicted octanol–water partition coefficient (Wildman–Crippen LogP) is 1.89. The van der Waals surface area contributed by atoms with Crippen LogP contribution in [0.5, 0.6) is 0 Å². The summed E-state index contributed by atoms with van der Waals surface area (Å²) in [5.74, 6) is 0.0952. The fourth-order valence-electron chi connectivity index (χ4n) is 2.64. The first-order valence-corrected chi connectivity index (χ1v) is 9.18. The summed E-state index contributed by atoms with van der Waals surface area (Å²) in [6.07, 6.45) is 7.47. The Labute approximate surface area is 150 Å². The number of hydrogen-bond acceptors (Lipinski definition) is 6. The maximum atomic E-state index is 12.1. The van der Waals surface area contributed by atoms with Crippen LogP contribution in [0.4, 0.5) is 5.13 Å². The van der Waals surface area contributed by atoms with E-state index in [2.05, 4.69) is 20.6 Å². The quantitative estimate of drug-likeness (QED) is 0.703. The summed E-state index contributed by atoms with van der Waals surface area (Å²) in [5.41, 5.74) is 1.06. The smallest absolute Gasteiger partial charge is 0.263 e. The second-order valence-corrected chi connectivity index (χ2v) is 6.87. The summed E-state index contributed by atoms with van der Waals surface area (Å²) < 4.78 is 0. The van der Waals surface area contributed by atoms with Crippen LogP contribution < -0.4 is 10.6 Å². The Hall–Kier alpha value is -2.48. The van der Waals surface area contributed by atoms with Gasteiger partial charge in [0.25, 0.3) is 5.91 Å². The second-order valence-electron chi connectivity index (χ2n) is 5.84. The van der Waals surface area contributed by atoms with Crippen LogP contribution in [0.25, 0.3) is 0 Å². The highest BCUT2D eigenvalue weighted by Crippen LogP contribution is 2.18. The van der Waals surface area contributed by atoms with Crippen LogP contribution >= 0.6 is 11.3 Å². The van der Waals surface area contributed by atoms with Crippen molar-refractivity contribution in [3.8, 4) is 0 Å². The Bertz CT molecular complexity index is 719. The van der Waals surface area contributed by atoms with Gasteiger partial charge >= 0.3 is 0 Å². The summed E-state index contributed by atoms with van der Waals surface area (Å²) >= 11 is 1.32. The molecule has 7 nitrogen and oxygen atoms in total. The lowest BCUT2D eigenvalue weighted by atomic mass is 10.3. The van der Waals surface area contributed by atoms with Gasteiger partial charge in [-0.05, 0) is 24.5 Å². The minimum atomic E-state index is -0.125. The van der Waals surface area contributed by atoms with Crippen molar-refractivity contribution >= 4 is 28.3 Å². The average molecular weight is 359 g/mol. The third-order valence-electron chi connectivity index (χ3n) is 3.96. The highest BCUT2D eigenvalue weighted by atomic mass is 32.1. The number of carbonyl (C=O) groups excluding carboxylic acids is 2. The molecule has 2 amide bonds. The molecule has 0 unspecified atom stereocenters. The Balaban J connectivity index is 1.39. The third-order valence-corrected chi connectivity index (χ3v) is 4.91. The molecule has 2 N–H and O–H groups in total. The van der Waals surface area contributed by atoms with Crippen molar-refractivity contribution in [2.45, 2.75) is 25.8 Å². The first-order valence-electron chi connectivity index (χ1n) is 8.37. The molecule has 0 aromatic carbocycles. The first-order chi connectivity index (χ1) is 12.2. The molecule has 0 radical (unpaired) electrons.